The van der Waals surface area contributed by atoms with Gasteiger partial charge in [0.05, 0.1) is 25.1 Å². The Hall–Kier alpha value is -1.63. The molecule has 4 aliphatic carbocycles. The average Bonchev–Trinajstić information content (AvgIpc) is 3.11. The Morgan fingerprint density at radius 3 is 2.53 bits per heavy atom. The summed E-state index contributed by atoms with van der Waals surface area (Å²) in [6.07, 6.45) is 6.07. The summed E-state index contributed by atoms with van der Waals surface area (Å²) in [5.41, 5.74) is 0.867. The largest absolute Gasteiger partial charge is 0.481 e. The van der Waals surface area contributed by atoms with Crippen LogP contribution < -0.4 is 0 Å². The van der Waals surface area contributed by atoms with Crippen molar-refractivity contribution in [2.45, 2.75) is 91.3 Å². The van der Waals surface area contributed by atoms with Gasteiger partial charge >= 0.3 is 5.97 Å². The molecule has 0 unspecified atom stereocenters. The van der Waals surface area contributed by atoms with Crippen molar-refractivity contribution in [3.63, 3.8) is 0 Å². The number of furan rings is 1. The number of fused-ring (bicyclic) bond motifs is 2. The van der Waals surface area contributed by atoms with E-state index in [0.29, 0.717) is 23.8 Å². The molecular weight excluding hydrogens is 456 g/mol. The lowest BCUT2D eigenvalue weighted by Gasteiger charge is -2.63. The van der Waals surface area contributed by atoms with Crippen molar-refractivity contribution >= 4 is 5.97 Å². The molecule has 6 heteroatoms. The molecule has 0 bridgehead atoms. The molecule has 1 spiro atoms. The molecule has 0 amide bonds. The SMILES string of the molecule is C=C(CO)[C@@H]1[C@H](O)[C@H](O)[C@@H]2[C@]3(CC[C@]4(C)[C@@H]([C@H](C)Cc5cc(C)co5)CC[C@@]24C)C[C@]13CCC(=O)O. The molecule has 0 radical (unpaired) electrons. The van der Waals surface area contributed by atoms with Gasteiger partial charge in [0.2, 0.25) is 0 Å². The van der Waals surface area contributed by atoms with Gasteiger partial charge in [0.25, 0.3) is 0 Å². The number of hydrogen-bond acceptors (Lipinski definition) is 5. The number of aliphatic carboxylic acids is 1. The molecule has 0 aromatic carbocycles. The van der Waals surface area contributed by atoms with Gasteiger partial charge in [-0.05, 0) is 102 Å². The summed E-state index contributed by atoms with van der Waals surface area (Å²) in [6.45, 7) is 12.9. The molecule has 4 aliphatic rings. The van der Waals surface area contributed by atoms with E-state index in [1.165, 1.54) is 0 Å². The van der Waals surface area contributed by atoms with Crippen molar-refractivity contribution in [3.05, 3.63) is 35.8 Å². The van der Waals surface area contributed by atoms with Crippen LogP contribution in [0.1, 0.15) is 77.0 Å². The molecule has 4 fully saturated rings. The standard InChI is InChI=1S/C30H44O6/c1-17-12-20(36-15-17)13-18(2)21-6-8-28(5)26-25(35)24(34)23(19(3)14-31)29(9-7-22(32)33)16-30(26,29)11-10-27(21,28)4/h12,15,18,21,23-26,31,34-35H,3,6-11,13-14,16H2,1-2,4-5H3,(H,32,33)/t18-,21-,23-,24+,25+,26+,27-,28+,29-,30+/m1/s1. The fraction of sp³-hybridized carbons (Fsp3) is 0.767. The number of carboxylic acid groups (broad SMARTS) is 1. The lowest BCUT2D eigenvalue weighted by molar-refractivity contribution is -0.205. The Bertz CT molecular complexity index is 1050. The van der Waals surface area contributed by atoms with Crippen molar-refractivity contribution in [2.75, 3.05) is 6.61 Å². The summed E-state index contributed by atoms with van der Waals surface area (Å²) in [7, 11) is 0. The molecule has 4 saturated carbocycles. The first-order valence-corrected chi connectivity index (χ1v) is 13.8. The molecule has 0 saturated heterocycles. The van der Waals surface area contributed by atoms with Crippen LogP contribution in [0.2, 0.25) is 0 Å². The lowest BCUT2D eigenvalue weighted by atomic mass is 9.42. The number of rotatable bonds is 8. The van der Waals surface area contributed by atoms with Crippen LogP contribution in [0.15, 0.2) is 28.9 Å². The van der Waals surface area contributed by atoms with Gasteiger partial charge < -0.3 is 24.8 Å². The minimum Gasteiger partial charge on any atom is -0.481 e. The van der Waals surface area contributed by atoms with Crippen molar-refractivity contribution in [3.8, 4) is 0 Å². The molecule has 6 nitrogen and oxygen atoms in total. The van der Waals surface area contributed by atoms with E-state index in [-0.39, 0.29) is 35.2 Å². The molecule has 1 aromatic rings. The third-order valence-corrected chi connectivity index (χ3v) is 12.0. The average molecular weight is 501 g/mol. The third-order valence-electron chi connectivity index (χ3n) is 12.0. The second-order valence-electron chi connectivity index (χ2n) is 13.4. The van der Waals surface area contributed by atoms with Crippen LogP contribution >= 0.6 is 0 Å². The highest BCUT2D eigenvalue weighted by molar-refractivity contribution is 5.67. The van der Waals surface area contributed by atoms with Gasteiger partial charge in [-0.25, -0.2) is 0 Å². The molecule has 4 N–H and O–H groups in total. The Morgan fingerprint density at radius 2 is 1.92 bits per heavy atom. The summed E-state index contributed by atoms with van der Waals surface area (Å²) in [4.78, 5) is 11.6. The fourth-order valence-corrected chi connectivity index (χ4v) is 10.4. The number of aliphatic hydroxyl groups excluding tert-OH is 3. The smallest absolute Gasteiger partial charge is 0.303 e. The molecule has 10 atom stereocenters. The highest BCUT2D eigenvalue weighted by atomic mass is 16.4. The van der Waals surface area contributed by atoms with Gasteiger partial charge in [0.1, 0.15) is 5.76 Å². The van der Waals surface area contributed by atoms with E-state index in [2.05, 4.69) is 33.4 Å². The van der Waals surface area contributed by atoms with Gasteiger partial charge in [0.15, 0.2) is 0 Å². The van der Waals surface area contributed by atoms with Crippen molar-refractivity contribution in [1.29, 1.82) is 0 Å². The van der Waals surface area contributed by atoms with Crippen molar-refractivity contribution < 1.29 is 29.6 Å². The molecule has 5 rings (SSSR count). The number of hydrogen-bond donors (Lipinski definition) is 4. The summed E-state index contributed by atoms with van der Waals surface area (Å²) >= 11 is 0. The molecular formula is C30H44O6. The fourth-order valence-electron chi connectivity index (χ4n) is 10.4. The Balaban J connectivity index is 1.50. The minimum absolute atomic E-state index is 0.00657. The van der Waals surface area contributed by atoms with E-state index in [4.69, 9.17) is 4.42 Å². The van der Waals surface area contributed by atoms with Gasteiger partial charge in [-0.15, -0.1) is 0 Å². The Morgan fingerprint density at radius 1 is 1.19 bits per heavy atom. The van der Waals surface area contributed by atoms with E-state index in [0.717, 1.165) is 49.8 Å². The molecule has 1 heterocycles. The summed E-state index contributed by atoms with van der Waals surface area (Å²) in [6, 6.07) is 2.12. The zero-order valence-electron chi connectivity index (χ0n) is 22.3. The van der Waals surface area contributed by atoms with E-state index >= 15 is 0 Å². The van der Waals surface area contributed by atoms with E-state index in [9.17, 15) is 25.2 Å². The lowest BCUT2D eigenvalue weighted by Crippen LogP contribution is -2.63. The zero-order chi connectivity index (χ0) is 26.3. The Labute approximate surface area is 214 Å². The maximum atomic E-state index is 11.8. The predicted molar refractivity (Wildman–Crippen MR) is 136 cm³/mol. The van der Waals surface area contributed by atoms with Crippen LogP contribution in [0, 0.1) is 52.3 Å². The first kappa shape index (κ1) is 26.0. The van der Waals surface area contributed by atoms with E-state index in [1.54, 1.807) is 0 Å². The van der Waals surface area contributed by atoms with Crippen LogP contribution in [-0.4, -0.2) is 45.2 Å². The van der Waals surface area contributed by atoms with Gasteiger partial charge in [0, 0.05) is 18.8 Å². The topological polar surface area (TPSA) is 111 Å². The minimum atomic E-state index is -1.04. The molecule has 200 valence electrons. The Kier molecular flexibility index (Phi) is 6.09. The van der Waals surface area contributed by atoms with Gasteiger partial charge in [-0.2, -0.15) is 0 Å². The quantitative estimate of drug-likeness (QED) is 0.384. The number of aryl methyl sites for hydroxylation is 1. The highest BCUT2D eigenvalue weighted by Gasteiger charge is 2.83. The van der Waals surface area contributed by atoms with Crippen LogP contribution in [0.4, 0.5) is 0 Å². The summed E-state index contributed by atoms with van der Waals surface area (Å²) in [5.74, 6) is 0.522. The van der Waals surface area contributed by atoms with Crippen molar-refractivity contribution in [1.82, 2.24) is 0 Å². The molecule has 36 heavy (non-hydrogen) atoms. The van der Waals surface area contributed by atoms with E-state index in [1.807, 2.05) is 13.2 Å². The van der Waals surface area contributed by atoms with Gasteiger partial charge in [-0.1, -0.05) is 27.4 Å². The predicted octanol–water partition coefficient (Wildman–Crippen LogP) is 4.74. The monoisotopic (exact) mass is 500 g/mol. The summed E-state index contributed by atoms with van der Waals surface area (Å²) < 4.78 is 5.78. The molecule has 0 aliphatic heterocycles. The third kappa shape index (κ3) is 3.29. The first-order valence-electron chi connectivity index (χ1n) is 13.8. The maximum Gasteiger partial charge on any atom is 0.303 e. The zero-order valence-corrected chi connectivity index (χ0v) is 22.3. The highest BCUT2D eigenvalue weighted by Crippen LogP contribution is 2.87. The second kappa shape index (κ2) is 8.44. The van der Waals surface area contributed by atoms with Crippen LogP contribution in [-0.2, 0) is 11.2 Å². The number of carboxylic acids is 1. The molecule has 1 aromatic heterocycles. The normalized spacial score (nSPS) is 45.9. The second-order valence-corrected chi connectivity index (χ2v) is 13.4. The van der Waals surface area contributed by atoms with Crippen LogP contribution in [0.3, 0.4) is 0 Å². The summed E-state index contributed by atoms with van der Waals surface area (Å²) in [5, 5.41) is 42.8. The first-order chi connectivity index (χ1) is 16.9. The van der Waals surface area contributed by atoms with Crippen LogP contribution in [0.25, 0.3) is 0 Å². The number of carbonyl (C=O) groups is 1. The maximum absolute atomic E-state index is 11.8. The van der Waals surface area contributed by atoms with Crippen LogP contribution in [0.5, 0.6) is 0 Å². The van der Waals surface area contributed by atoms with Gasteiger partial charge in [-0.3, -0.25) is 4.79 Å². The van der Waals surface area contributed by atoms with E-state index < -0.39 is 29.5 Å². The van der Waals surface area contributed by atoms with Crippen molar-refractivity contribution in [2.24, 2.45) is 45.3 Å². The number of aliphatic hydroxyl groups is 3.